The number of rotatable bonds is 6. The molecule has 3 aromatic rings. The van der Waals surface area contributed by atoms with E-state index in [1.165, 1.54) is 12.1 Å². The summed E-state index contributed by atoms with van der Waals surface area (Å²) in [6.45, 7) is 2.66. The van der Waals surface area contributed by atoms with Gasteiger partial charge in [-0.2, -0.15) is 0 Å². The van der Waals surface area contributed by atoms with Crippen LogP contribution in [-0.2, 0) is 21.2 Å². The van der Waals surface area contributed by atoms with E-state index in [2.05, 4.69) is 9.62 Å². The summed E-state index contributed by atoms with van der Waals surface area (Å²) in [6.07, 6.45) is 0.262. The highest BCUT2D eigenvalue weighted by atomic mass is 35.5. The minimum Gasteiger partial charge on any atom is -0.368 e. The third-order valence-electron chi connectivity index (χ3n) is 5.52. The number of sulfonamides is 1. The summed E-state index contributed by atoms with van der Waals surface area (Å²) in [5.41, 5.74) is 2.27. The predicted molar refractivity (Wildman–Crippen MR) is 133 cm³/mol. The number of hydrogen-bond donors (Lipinski definition) is 1. The van der Waals surface area contributed by atoms with Crippen LogP contribution >= 0.6 is 23.2 Å². The number of piperazine rings is 1. The van der Waals surface area contributed by atoms with E-state index in [0.717, 1.165) is 11.3 Å². The summed E-state index contributed by atoms with van der Waals surface area (Å²) in [4.78, 5) is 17.0. The summed E-state index contributed by atoms with van der Waals surface area (Å²) < 4.78 is 27.5. The Bertz CT molecular complexity index is 1230. The molecule has 0 atom stereocenters. The highest BCUT2D eigenvalue weighted by molar-refractivity contribution is 7.92. The summed E-state index contributed by atoms with van der Waals surface area (Å²) >= 11 is 12.1. The highest BCUT2D eigenvalue weighted by Gasteiger charge is 2.22. The molecule has 33 heavy (non-hydrogen) atoms. The van der Waals surface area contributed by atoms with Crippen molar-refractivity contribution in [1.29, 1.82) is 0 Å². The van der Waals surface area contributed by atoms with Crippen molar-refractivity contribution >= 4 is 50.5 Å². The van der Waals surface area contributed by atoms with Crippen molar-refractivity contribution in [2.45, 2.75) is 11.3 Å². The fourth-order valence-electron chi connectivity index (χ4n) is 3.69. The second-order valence-corrected chi connectivity index (χ2v) is 10.3. The zero-order valence-corrected chi connectivity index (χ0v) is 20.1. The molecule has 1 saturated heterocycles. The molecule has 3 aromatic carbocycles. The van der Waals surface area contributed by atoms with Gasteiger partial charge in [0.25, 0.3) is 10.0 Å². The van der Waals surface area contributed by atoms with Crippen LogP contribution < -0.4 is 9.62 Å². The molecule has 1 heterocycles. The van der Waals surface area contributed by atoms with Gasteiger partial charge in [-0.05, 0) is 48.0 Å². The first-order valence-electron chi connectivity index (χ1n) is 10.5. The Morgan fingerprint density at radius 2 is 1.52 bits per heavy atom. The lowest BCUT2D eigenvalue weighted by atomic mass is 10.1. The molecule has 1 aliphatic rings. The molecule has 0 aliphatic carbocycles. The van der Waals surface area contributed by atoms with Crippen LogP contribution in [0.4, 0.5) is 11.4 Å². The van der Waals surface area contributed by atoms with Crippen LogP contribution in [0.2, 0.25) is 10.0 Å². The van der Waals surface area contributed by atoms with Crippen LogP contribution in [0.25, 0.3) is 0 Å². The van der Waals surface area contributed by atoms with E-state index < -0.39 is 10.0 Å². The molecule has 1 N–H and O–H groups in total. The van der Waals surface area contributed by atoms with Crippen LogP contribution in [0, 0.1) is 0 Å². The van der Waals surface area contributed by atoms with Crippen molar-refractivity contribution < 1.29 is 13.2 Å². The van der Waals surface area contributed by atoms with Gasteiger partial charge in [0.15, 0.2) is 0 Å². The monoisotopic (exact) mass is 503 g/mol. The molecule has 172 valence electrons. The van der Waals surface area contributed by atoms with Crippen molar-refractivity contribution in [2.24, 2.45) is 0 Å². The Morgan fingerprint density at radius 1 is 0.848 bits per heavy atom. The van der Waals surface area contributed by atoms with Crippen LogP contribution in [0.5, 0.6) is 0 Å². The standard InChI is InChI=1S/C24H23Cl2N3O3S/c25-22-11-10-20(17-23(22)26)28-12-14-29(15-13-28)24(30)16-18-6-8-19(9-7-18)27-33(31,32)21-4-2-1-3-5-21/h1-11,17,27H,12-16H2. The maximum absolute atomic E-state index is 12.8. The van der Waals surface area contributed by atoms with Gasteiger partial charge < -0.3 is 9.80 Å². The molecule has 0 radical (unpaired) electrons. The van der Waals surface area contributed by atoms with Gasteiger partial charge in [0, 0.05) is 37.6 Å². The number of anilines is 2. The van der Waals surface area contributed by atoms with Crippen LogP contribution in [0.15, 0.2) is 77.7 Å². The summed E-state index contributed by atoms with van der Waals surface area (Å²) in [6, 6.07) is 20.6. The lowest BCUT2D eigenvalue weighted by molar-refractivity contribution is -0.130. The van der Waals surface area contributed by atoms with Gasteiger partial charge in [0.05, 0.1) is 21.4 Å². The third-order valence-corrected chi connectivity index (χ3v) is 7.65. The highest BCUT2D eigenvalue weighted by Crippen LogP contribution is 2.28. The van der Waals surface area contributed by atoms with Gasteiger partial charge in [0.2, 0.25) is 5.91 Å². The molecule has 4 rings (SSSR count). The van der Waals surface area contributed by atoms with Gasteiger partial charge >= 0.3 is 0 Å². The van der Waals surface area contributed by atoms with E-state index in [9.17, 15) is 13.2 Å². The van der Waals surface area contributed by atoms with Crippen molar-refractivity contribution in [3.63, 3.8) is 0 Å². The topological polar surface area (TPSA) is 69.7 Å². The molecular weight excluding hydrogens is 481 g/mol. The fourth-order valence-corrected chi connectivity index (χ4v) is 5.06. The average Bonchev–Trinajstić information content (AvgIpc) is 2.82. The van der Waals surface area contributed by atoms with Crippen LogP contribution in [-0.4, -0.2) is 45.4 Å². The fraction of sp³-hybridized carbons (Fsp3) is 0.208. The first kappa shape index (κ1) is 23.4. The number of amides is 1. The van der Waals surface area contributed by atoms with Gasteiger partial charge in [0.1, 0.15) is 0 Å². The molecule has 0 bridgehead atoms. The van der Waals surface area contributed by atoms with Crippen LogP contribution in [0.3, 0.4) is 0 Å². The maximum atomic E-state index is 12.8. The largest absolute Gasteiger partial charge is 0.368 e. The van der Waals surface area contributed by atoms with Crippen molar-refractivity contribution in [2.75, 3.05) is 35.8 Å². The molecule has 0 saturated carbocycles. The normalized spacial score (nSPS) is 14.2. The van der Waals surface area contributed by atoms with E-state index in [4.69, 9.17) is 23.2 Å². The van der Waals surface area contributed by atoms with Crippen molar-refractivity contribution in [3.8, 4) is 0 Å². The zero-order chi connectivity index (χ0) is 23.4. The van der Waals surface area contributed by atoms with Gasteiger partial charge in [-0.3, -0.25) is 9.52 Å². The number of carbonyl (C=O) groups is 1. The molecule has 0 unspecified atom stereocenters. The van der Waals surface area contributed by atoms with Gasteiger partial charge in [-0.25, -0.2) is 8.42 Å². The minimum absolute atomic E-state index is 0.0430. The van der Waals surface area contributed by atoms with Gasteiger partial charge in [-0.1, -0.05) is 53.5 Å². The van der Waals surface area contributed by atoms with Gasteiger partial charge in [-0.15, -0.1) is 0 Å². The van der Waals surface area contributed by atoms with E-state index >= 15 is 0 Å². The maximum Gasteiger partial charge on any atom is 0.261 e. The summed E-state index contributed by atoms with van der Waals surface area (Å²) in [5.74, 6) is 0.0430. The molecule has 1 aliphatic heterocycles. The molecule has 0 spiro atoms. The molecule has 1 fully saturated rings. The second-order valence-electron chi connectivity index (χ2n) is 7.76. The van der Waals surface area contributed by atoms with E-state index in [0.29, 0.717) is 41.9 Å². The number of hydrogen-bond acceptors (Lipinski definition) is 4. The second kappa shape index (κ2) is 10.0. The van der Waals surface area contributed by atoms with E-state index in [1.54, 1.807) is 48.5 Å². The minimum atomic E-state index is -3.65. The number of nitrogens with zero attached hydrogens (tertiary/aromatic N) is 2. The zero-order valence-electron chi connectivity index (χ0n) is 17.7. The number of benzene rings is 3. The van der Waals surface area contributed by atoms with E-state index in [-0.39, 0.29) is 17.2 Å². The summed E-state index contributed by atoms with van der Waals surface area (Å²) in [7, 11) is -3.65. The smallest absolute Gasteiger partial charge is 0.261 e. The first-order valence-corrected chi connectivity index (χ1v) is 12.7. The number of nitrogens with one attached hydrogen (secondary N) is 1. The third kappa shape index (κ3) is 5.79. The Labute approximate surface area is 203 Å². The first-order chi connectivity index (χ1) is 15.8. The van der Waals surface area contributed by atoms with Crippen molar-refractivity contribution in [3.05, 3.63) is 88.4 Å². The molecule has 6 nitrogen and oxygen atoms in total. The quantitative estimate of drug-likeness (QED) is 0.529. The predicted octanol–water partition coefficient (Wildman–Crippen LogP) is 4.69. The van der Waals surface area contributed by atoms with Crippen LogP contribution in [0.1, 0.15) is 5.56 Å². The Hall–Kier alpha value is -2.74. The molecule has 0 aromatic heterocycles. The van der Waals surface area contributed by atoms with E-state index in [1.807, 2.05) is 17.0 Å². The lowest BCUT2D eigenvalue weighted by Gasteiger charge is -2.36. The Balaban J connectivity index is 1.31. The average molecular weight is 504 g/mol. The molecule has 1 amide bonds. The lowest BCUT2D eigenvalue weighted by Crippen LogP contribution is -2.49. The molecule has 9 heteroatoms. The number of halogens is 2. The molecular formula is C24H23Cl2N3O3S. The number of carbonyl (C=O) groups excluding carboxylic acids is 1. The Morgan fingerprint density at radius 3 is 2.15 bits per heavy atom. The summed E-state index contributed by atoms with van der Waals surface area (Å²) in [5, 5.41) is 1.04. The van der Waals surface area contributed by atoms with Crippen molar-refractivity contribution in [1.82, 2.24) is 4.90 Å². The SMILES string of the molecule is O=C(Cc1ccc(NS(=O)(=O)c2ccccc2)cc1)N1CCN(c2ccc(Cl)c(Cl)c2)CC1. The Kier molecular flexibility index (Phi) is 7.12.